The number of non-ortho nitro benzene ring substituents is 1. The molecule has 3 N–H and O–H groups in total. The number of carbonyl (C=O) groups is 1. The minimum atomic E-state index is -0.752. The zero-order valence-electron chi connectivity index (χ0n) is 12.2. The van der Waals surface area contributed by atoms with Crippen molar-refractivity contribution in [2.24, 2.45) is 5.73 Å². The molecule has 1 aromatic carbocycles. The van der Waals surface area contributed by atoms with Crippen molar-refractivity contribution in [2.75, 3.05) is 13.7 Å². The molecule has 8 heteroatoms. The van der Waals surface area contributed by atoms with Gasteiger partial charge in [0.1, 0.15) is 6.04 Å². The number of nitro benzene ring substituents is 1. The van der Waals surface area contributed by atoms with Crippen LogP contribution in [0.15, 0.2) is 24.3 Å². The van der Waals surface area contributed by atoms with Gasteiger partial charge in [-0.15, -0.1) is 12.4 Å². The van der Waals surface area contributed by atoms with Crippen LogP contribution in [-0.2, 0) is 15.1 Å². The number of rotatable bonds is 6. The lowest BCUT2D eigenvalue weighted by Gasteiger charge is -2.28. The van der Waals surface area contributed by atoms with Crippen molar-refractivity contribution in [1.29, 1.82) is 0 Å². The van der Waals surface area contributed by atoms with Crippen LogP contribution in [0.4, 0.5) is 5.69 Å². The molecule has 1 amide bonds. The lowest BCUT2D eigenvalue weighted by molar-refractivity contribution is -0.384. The number of nitrogens with zero attached hydrogens (tertiary/aromatic N) is 1. The van der Waals surface area contributed by atoms with E-state index in [2.05, 4.69) is 5.32 Å². The number of halogens is 1. The molecule has 0 radical (unpaired) electrons. The highest BCUT2D eigenvalue weighted by Crippen LogP contribution is 2.22. The van der Waals surface area contributed by atoms with E-state index in [1.54, 1.807) is 26.0 Å². The van der Waals surface area contributed by atoms with E-state index in [0.717, 1.165) is 5.56 Å². The second kappa shape index (κ2) is 7.92. The maximum atomic E-state index is 11.9. The summed E-state index contributed by atoms with van der Waals surface area (Å²) in [4.78, 5) is 22.0. The third kappa shape index (κ3) is 5.30. The van der Waals surface area contributed by atoms with Gasteiger partial charge in [0.05, 0.1) is 17.1 Å². The van der Waals surface area contributed by atoms with Gasteiger partial charge in [-0.05, 0) is 31.5 Å². The molecular weight excluding hydrogens is 298 g/mol. The van der Waals surface area contributed by atoms with Crippen LogP contribution in [0.1, 0.15) is 19.4 Å². The predicted octanol–water partition coefficient (Wildman–Crippen LogP) is 1.34. The topological polar surface area (TPSA) is 107 Å². The Morgan fingerprint density at radius 3 is 2.38 bits per heavy atom. The van der Waals surface area contributed by atoms with Crippen molar-refractivity contribution in [3.8, 4) is 0 Å². The van der Waals surface area contributed by atoms with Gasteiger partial charge in [-0.3, -0.25) is 14.9 Å². The Morgan fingerprint density at radius 2 is 1.95 bits per heavy atom. The Labute approximate surface area is 129 Å². The van der Waals surface area contributed by atoms with Crippen LogP contribution in [0.25, 0.3) is 0 Å². The molecule has 7 nitrogen and oxygen atoms in total. The number of benzene rings is 1. The standard InChI is InChI=1S/C13H19N3O4.ClH/c1-13(2,15-12(17)11(14)8-20-3)9-4-6-10(7-5-9)16(18)19;/h4-7,11H,8,14H2,1-3H3,(H,15,17);1H. The fourth-order valence-corrected chi connectivity index (χ4v) is 1.73. The Morgan fingerprint density at radius 1 is 1.43 bits per heavy atom. The molecule has 0 spiro atoms. The lowest BCUT2D eigenvalue weighted by atomic mass is 9.93. The monoisotopic (exact) mass is 317 g/mol. The van der Waals surface area contributed by atoms with Crippen molar-refractivity contribution >= 4 is 24.0 Å². The van der Waals surface area contributed by atoms with Crippen molar-refractivity contribution in [3.63, 3.8) is 0 Å². The molecule has 1 aromatic rings. The fraction of sp³-hybridized carbons (Fsp3) is 0.462. The third-order valence-electron chi connectivity index (χ3n) is 2.92. The average molecular weight is 318 g/mol. The number of hydrogen-bond donors (Lipinski definition) is 2. The van der Waals surface area contributed by atoms with Crippen LogP contribution < -0.4 is 11.1 Å². The smallest absolute Gasteiger partial charge is 0.269 e. The molecule has 0 saturated heterocycles. The van der Waals surface area contributed by atoms with Crippen LogP contribution in [-0.4, -0.2) is 30.6 Å². The van der Waals surface area contributed by atoms with E-state index in [1.165, 1.54) is 19.2 Å². The third-order valence-corrected chi connectivity index (χ3v) is 2.92. The minimum absolute atomic E-state index is 0. The van der Waals surface area contributed by atoms with Gasteiger partial charge in [0.25, 0.3) is 5.69 Å². The number of amides is 1. The summed E-state index contributed by atoms with van der Waals surface area (Å²) in [5, 5.41) is 13.4. The number of nitrogens with one attached hydrogen (secondary N) is 1. The van der Waals surface area contributed by atoms with Gasteiger partial charge in [0.2, 0.25) is 5.91 Å². The van der Waals surface area contributed by atoms with E-state index in [-0.39, 0.29) is 30.6 Å². The zero-order chi connectivity index (χ0) is 15.3. The normalized spacial score (nSPS) is 12.2. The number of ether oxygens (including phenoxy) is 1. The van der Waals surface area contributed by atoms with Gasteiger partial charge in [0, 0.05) is 19.2 Å². The van der Waals surface area contributed by atoms with E-state index in [4.69, 9.17) is 10.5 Å². The Balaban J connectivity index is 0.00000400. The zero-order valence-corrected chi connectivity index (χ0v) is 13.0. The highest BCUT2D eigenvalue weighted by Gasteiger charge is 2.26. The highest BCUT2D eigenvalue weighted by atomic mass is 35.5. The van der Waals surface area contributed by atoms with Gasteiger partial charge >= 0.3 is 0 Å². The number of nitrogens with two attached hydrogens (primary N) is 1. The molecule has 0 aromatic heterocycles. The number of hydrogen-bond acceptors (Lipinski definition) is 5. The van der Waals surface area contributed by atoms with Gasteiger partial charge in [-0.25, -0.2) is 0 Å². The van der Waals surface area contributed by atoms with Crippen molar-refractivity contribution in [1.82, 2.24) is 5.32 Å². The summed E-state index contributed by atoms with van der Waals surface area (Å²) in [6.45, 7) is 3.72. The quantitative estimate of drug-likeness (QED) is 0.608. The van der Waals surface area contributed by atoms with Crippen molar-refractivity contribution in [2.45, 2.75) is 25.4 Å². The van der Waals surface area contributed by atoms with Crippen molar-refractivity contribution in [3.05, 3.63) is 39.9 Å². The first-order chi connectivity index (χ1) is 9.27. The second-order valence-electron chi connectivity index (χ2n) is 4.98. The van der Waals surface area contributed by atoms with Gasteiger partial charge in [-0.1, -0.05) is 0 Å². The van der Waals surface area contributed by atoms with E-state index in [0.29, 0.717) is 0 Å². The Kier molecular flexibility index (Phi) is 7.28. The van der Waals surface area contributed by atoms with Gasteiger partial charge in [0.15, 0.2) is 0 Å². The Bertz CT molecular complexity index is 491. The first-order valence-electron chi connectivity index (χ1n) is 6.09. The van der Waals surface area contributed by atoms with Crippen molar-refractivity contribution < 1.29 is 14.5 Å². The van der Waals surface area contributed by atoms with Crippen LogP contribution in [0.3, 0.4) is 0 Å². The molecule has 0 aliphatic heterocycles. The SMILES string of the molecule is COCC(N)C(=O)NC(C)(C)c1ccc([N+](=O)[O-])cc1.Cl. The lowest BCUT2D eigenvalue weighted by Crippen LogP contribution is -2.50. The first-order valence-corrected chi connectivity index (χ1v) is 6.09. The molecule has 1 rings (SSSR count). The van der Waals surface area contributed by atoms with E-state index in [9.17, 15) is 14.9 Å². The molecule has 1 unspecified atom stereocenters. The van der Waals surface area contributed by atoms with E-state index >= 15 is 0 Å². The van der Waals surface area contributed by atoms with Crippen LogP contribution in [0.5, 0.6) is 0 Å². The molecule has 0 fully saturated rings. The molecule has 0 aliphatic carbocycles. The summed E-state index contributed by atoms with van der Waals surface area (Å²) in [6, 6.07) is 5.27. The summed E-state index contributed by atoms with van der Waals surface area (Å²) in [5.41, 5.74) is 5.72. The highest BCUT2D eigenvalue weighted by molar-refractivity contribution is 5.85. The van der Waals surface area contributed by atoms with Crippen LogP contribution in [0.2, 0.25) is 0 Å². The second-order valence-corrected chi connectivity index (χ2v) is 4.98. The largest absolute Gasteiger partial charge is 0.383 e. The maximum Gasteiger partial charge on any atom is 0.269 e. The fourth-order valence-electron chi connectivity index (χ4n) is 1.73. The summed E-state index contributed by atoms with van der Waals surface area (Å²) in [6.07, 6.45) is 0. The summed E-state index contributed by atoms with van der Waals surface area (Å²) >= 11 is 0. The van der Waals surface area contributed by atoms with E-state index < -0.39 is 16.5 Å². The minimum Gasteiger partial charge on any atom is -0.383 e. The number of carbonyl (C=O) groups excluding carboxylic acids is 1. The molecule has 0 saturated carbocycles. The molecule has 118 valence electrons. The van der Waals surface area contributed by atoms with Gasteiger partial charge < -0.3 is 15.8 Å². The summed E-state index contributed by atoms with van der Waals surface area (Å²) in [7, 11) is 1.47. The first kappa shape index (κ1) is 19.3. The van der Waals surface area contributed by atoms with Crippen LogP contribution in [0, 0.1) is 10.1 Å². The summed E-state index contributed by atoms with van der Waals surface area (Å²) < 4.78 is 4.83. The molecular formula is C13H20ClN3O4. The maximum absolute atomic E-state index is 11.9. The number of nitro groups is 1. The predicted molar refractivity (Wildman–Crippen MR) is 81.4 cm³/mol. The van der Waals surface area contributed by atoms with Crippen LogP contribution >= 0.6 is 12.4 Å². The molecule has 21 heavy (non-hydrogen) atoms. The Hall–Kier alpha value is -1.70. The van der Waals surface area contributed by atoms with E-state index in [1.807, 2.05) is 0 Å². The van der Waals surface area contributed by atoms with Gasteiger partial charge in [-0.2, -0.15) is 0 Å². The molecule has 0 heterocycles. The number of methoxy groups -OCH3 is 1. The molecule has 0 bridgehead atoms. The summed E-state index contributed by atoms with van der Waals surface area (Å²) in [5.74, 6) is -0.338. The average Bonchev–Trinajstić information content (AvgIpc) is 2.38. The molecule has 0 aliphatic rings. The molecule has 1 atom stereocenters.